The van der Waals surface area contributed by atoms with E-state index in [4.69, 9.17) is 4.98 Å². The maximum absolute atomic E-state index is 13.7. The fourth-order valence-corrected chi connectivity index (χ4v) is 9.43. The van der Waals surface area contributed by atoms with Crippen LogP contribution in [0.4, 0.5) is 0 Å². The minimum atomic E-state index is -0.814. The molecular weight excluding hydrogens is 462 g/mol. The van der Waals surface area contributed by atoms with Gasteiger partial charge < -0.3 is 20.8 Å². The molecule has 4 N–H and O–H groups in total. The van der Waals surface area contributed by atoms with Crippen LogP contribution in [0.3, 0.4) is 0 Å². The number of carboxylic acids is 1. The summed E-state index contributed by atoms with van der Waals surface area (Å²) in [7, 11) is 0. The van der Waals surface area contributed by atoms with Gasteiger partial charge in [0.05, 0.1) is 17.6 Å². The Hall–Kier alpha value is -1.64. The topological polar surface area (TPSA) is 112 Å². The molecule has 5 saturated carbocycles. The van der Waals surface area contributed by atoms with Gasteiger partial charge in [-0.3, -0.25) is 9.59 Å². The molecule has 5 aliphatic carbocycles. The van der Waals surface area contributed by atoms with Crippen LogP contribution in [-0.4, -0.2) is 57.1 Å². The summed E-state index contributed by atoms with van der Waals surface area (Å²) >= 11 is 1.71. The summed E-state index contributed by atoms with van der Waals surface area (Å²) in [5.74, 6) is 0.441. The molecule has 1 amide bonds. The largest absolute Gasteiger partial charge is 0.481 e. The molecule has 0 aromatic carbocycles. The average Bonchev–Trinajstić information content (AvgIpc) is 3.47. The first-order valence-electron chi connectivity index (χ1n) is 13.5. The van der Waals surface area contributed by atoms with Gasteiger partial charge in [-0.25, -0.2) is 4.98 Å². The van der Waals surface area contributed by atoms with Crippen molar-refractivity contribution in [2.24, 2.45) is 17.8 Å². The number of rotatable bonds is 7. The Morgan fingerprint density at radius 3 is 2.51 bits per heavy atom. The number of pyridine rings is 1. The van der Waals surface area contributed by atoms with Gasteiger partial charge in [0, 0.05) is 28.9 Å². The van der Waals surface area contributed by atoms with Crippen LogP contribution in [0.2, 0.25) is 0 Å². The predicted molar refractivity (Wildman–Crippen MR) is 134 cm³/mol. The number of nitrogens with zero attached hydrogens (tertiary/aromatic N) is 1. The van der Waals surface area contributed by atoms with Crippen molar-refractivity contribution in [3.8, 4) is 0 Å². The second-order valence-electron chi connectivity index (χ2n) is 12.0. The van der Waals surface area contributed by atoms with E-state index in [1.807, 2.05) is 12.1 Å². The number of hydrogen-bond acceptors (Lipinski definition) is 6. The maximum atomic E-state index is 13.7. The van der Waals surface area contributed by atoms with Crippen LogP contribution in [0.5, 0.6) is 0 Å². The molecule has 2 unspecified atom stereocenters. The lowest BCUT2D eigenvalue weighted by Crippen LogP contribution is -2.61. The van der Waals surface area contributed by atoms with Crippen LogP contribution in [0.15, 0.2) is 17.2 Å². The van der Waals surface area contributed by atoms with Gasteiger partial charge in [0.1, 0.15) is 5.03 Å². The number of thioether (sulfide) groups is 1. The molecule has 1 aromatic rings. The number of nitrogens with one attached hydrogen (secondary N) is 2. The highest BCUT2D eigenvalue weighted by Gasteiger charge is 2.55. The summed E-state index contributed by atoms with van der Waals surface area (Å²) < 4.78 is 0. The van der Waals surface area contributed by atoms with E-state index in [9.17, 15) is 19.8 Å². The first kappa shape index (κ1) is 23.7. The van der Waals surface area contributed by atoms with E-state index < -0.39 is 17.0 Å². The molecule has 1 aromatic heterocycles. The molecule has 1 aliphatic heterocycles. The van der Waals surface area contributed by atoms with Crippen LogP contribution in [0, 0.1) is 17.8 Å². The Balaban J connectivity index is 1.28. The second-order valence-corrected chi connectivity index (χ2v) is 13.3. The summed E-state index contributed by atoms with van der Waals surface area (Å²) in [6.07, 6.45) is 10.2. The van der Waals surface area contributed by atoms with Crippen molar-refractivity contribution >= 4 is 23.6 Å². The summed E-state index contributed by atoms with van der Waals surface area (Å²) in [6, 6.07) is 3.91. The molecule has 8 heteroatoms. The predicted octanol–water partition coefficient (Wildman–Crippen LogP) is 3.49. The number of hydrogen-bond donors (Lipinski definition) is 4. The number of aromatic nitrogens is 1. The lowest BCUT2D eigenvalue weighted by molar-refractivity contribution is -0.138. The zero-order valence-electron chi connectivity index (χ0n) is 20.3. The Morgan fingerprint density at radius 1 is 1.14 bits per heavy atom. The third kappa shape index (κ3) is 4.51. The monoisotopic (exact) mass is 499 g/mol. The van der Waals surface area contributed by atoms with Crippen molar-refractivity contribution in [1.82, 2.24) is 15.6 Å². The third-order valence-electron chi connectivity index (χ3n) is 9.50. The summed E-state index contributed by atoms with van der Waals surface area (Å²) in [5.41, 5.74) is 0.370. The zero-order valence-corrected chi connectivity index (χ0v) is 21.1. The number of aliphatic hydroxyl groups is 1. The van der Waals surface area contributed by atoms with Crippen molar-refractivity contribution in [3.05, 3.63) is 23.4 Å². The van der Waals surface area contributed by atoms with E-state index >= 15 is 0 Å². The molecule has 190 valence electrons. The van der Waals surface area contributed by atoms with Crippen LogP contribution < -0.4 is 10.6 Å². The van der Waals surface area contributed by atoms with Crippen molar-refractivity contribution < 1.29 is 19.8 Å². The van der Waals surface area contributed by atoms with Gasteiger partial charge in [0.15, 0.2) is 0 Å². The smallest absolute Gasteiger partial charge is 0.304 e. The molecule has 6 aliphatic rings. The van der Waals surface area contributed by atoms with Gasteiger partial charge in [-0.1, -0.05) is 12.8 Å². The zero-order chi connectivity index (χ0) is 24.2. The van der Waals surface area contributed by atoms with Crippen molar-refractivity contribution in [1.29, 1.82) is 0 Å². The fourth-order valence-electron chi connectivity index (χ4n) is 8.10. The molecule has 0 spiro atoms. The lowest BCUT2D eigenvalue weighted by atomic mass is 9.52. The minimum Gasteiger partial charge on any atom is -0.481 e. The fraction of sp³-hybridized carbons (Fsp3) is 0.741. The Bertz CT molecular complexity index is 988. The molecule has 2 heterocycles. The quantitative estimate of drug-likeness (QED) is 0.454. The highest BCUT2D eigenvalue weighted by molar-refractivity contribution is 7.99. The number of carboxylic acid groups (broad SMARTS) is 1. The van der Waals surface area contributed by atoms with Crippen LogP contribution in [0.1, 0.15) is 86.7 Å². The first-order valence-corrected chi connectivity index (χ1v) is 14.3. The first-order chi connectivity index (χ1) is 16.8. The van der Waals surface area contributed by atoms with Crippen LogP contribution in [-0.2, 0) is 10.2 Å². The van der Waals surface area contributed by atoms with E-state index in [0.717, 1.165) is 68.6 Å². The summed E-state index contributed by atoms with van der Waals surface area (Å²) in [4.78, 5) is 30.4. The molecule has 6 fully saturated rings. The van der Waals surface area contributed by atoms with Gasteiger partial charge in [0.2, 0.25) is 0 Å². The van der Waals surface area contributed by atoms with E-state index in [-0.39, 0.29) is 18.4 Å². The standard InChI is InChI=1S/C27H37N3O4S/c31-22(32)14-26(7-8-28-15-26)21-6-5-20(25(29-21)35-19-3-1-2-4-19)24(33)30-23-17-9-16-10-18(23)13-27(34,11-16)12-17/h5-6,16-19,23,28,34H,1-4,7-15H2,(H,30,33)(H,31,32)/t16?,17?,18?,23-,26-,27+/m1/s1. The van der Waals surface area contributed by atoms with Gasteiger partial charge >= 0.3 is 5.97 Å². The number of amides is 1. The average molecular weight is 500 g/mol. The van der Waals surface area contributed by atoms with Crippen molar-refractivity contribution in [2.45, 2.75) is 98.0 Å². The normalized spacial score (nSPS) is 38.2. The maximum Gasteiger partial charge on any atom is 0.304 e. The van der Waals surface area contributed by atoms with Crippen LogP contribution >= 0.6 is 11.8 Å². The molecule has 0 radical (unpaired) electrons. The Morgan fingerprint density at radius 2 is 1.89 bits per heavy atom. The van der Waals surface area contributed by atoms with Crippen LogP contribution in [0.25, 0.3) is 0 Å². The van der Waals surface area contributed by atoms with Crippen molar-refractivity contribution in [3.63, 3.8) is 0 Å². The molecule has 3 atom stereocenters. The highest BCUT2D eigenvalue weighted by Crippen LogP contribution is 2.55. The van der Waals surface area contributed by atoms with E-state index in [1.165, 1.54) is 12.8 Å². The van der Waals surface area contributed by atoms with Gasteiger partial charge in [-0.05, 0) is 87.8 Å². The van der Waals surface area contributed by atoms with Crippen molar-refractivity contribution in [2.75, 3.05) is 13.1 Å². The minimum absolute atomic E-state index is 0.0432. The summed E-state index contributed by atoms with van der Waals surface area (Å²) in [6.45, 7) is 1.38. The highest BCUT2D eigenvalue weighted by atomic mass is 32.2. The van der Waals surface area contributed by atoms with E-state index in [0.29, 0.717) is 35.1 Å². The third-order valence-corrected chi connectivity index (χ3v) is 10.8. The summed E-state index contributed by atoms with van der Waals surface area (Å²) in [5, 5.41) is 28.4. The Kier molecular flexibility index (Phi) is 6.13. The molecule has 1 saturated heterocycles. The Labute approximate surface area is 211 Å². The van der Waals surface area contributed by atoms with Gasteiger partial charge in [-0.2, -0.15) is 0 Å². The molecule has 35 heavy (non-hydrogen) atoms. The molecule has 7 rings (SSSR count). The van der Waals surface area contributed by atoms with E-state index in [1.54, 1.807) is 11.8 Å². The van der Waals surface area contributed by atoms with E-state index in [2.05, 4.69) is 10.6 Å². The lowest BCUT2D eigenvalue weighted by Gasteiger charge is -2.58. The number of aliphatic carboxylic acids is 1. The molecule has 7 nitrogen and oxygen atoms in total. The molecular formula is C27H37N3O4S. The number of carbonyl (C=O) groups is 2. The SMILES string of the molecule is O=C(O)C[C@]1(c2ccc(C(=O)N[C@H]3C4CC5CC3C[C@@](O)(C5)C4)c(SC3CCCC3)n2)CCNC1. The second kappa shape index (κ2) is 9.03. The van der Waals surface area contributed by atoms with Gasteiger partial charge in [0.25, 0.3) is 5.91 Å². The number of carbonyl (C=O) groups excluding carboxylic acids is 1. The van der Waals surface area contributed by atoms with Gasteiger partial charge in [-0.15, -0.1) is 11.8 Å². The molecule has 4 bridgehead atoms.